The lowest BCUT2D eigenvalue weighted by Gasteiger charge is -2.15. The highest BCUT2D eigenvalue weighted by Gasteiger charge is 2.10. The van der Waals surface area contributed by atoms with E-state index in [4.69, 9.17) is 5.73 Å². The van der Waals surface area contributed by atoms with Crippen LogP contribution in [-0.2, 0) is 0 Å². The molecule has 0 bridgehead atoms. The zero-order valence-corrected chi connectivity index (χ0v) is 13.7. The molecule has 0 saturated heterocycles. The Kier molecular flexibility index (Phi) is 5.04. The number of aliphatic imine (C=N–C) groups is 1. The number of hydrogen-bond donors (Lipinski definition) is 2. The van der Waals surface area contributed by atoms with Crippen molar-refractivity contribution in [2.24, 2.45) is 10.7 Å². The second kappa shape index (κ2) is 7.57. The van der Waals surface area contributed by atoms with E-state index < -0.39 is 0 Å². The van der Waals surface area contributed by atoms with Gasteiger partial charge in [0.25, 0.3) is 0 Å². The van der Waals surface area contributed by atoms with E-state index in [-0.39, 0.29) is 6.17 Å². The maximum absolute atomic E-state index is 6.17. The monoisotopic (exact) mass is 315 g/mol. The van der Waals surface area contributed by atoms with Gasteiger partial charge >= 0.3 is 0 Å². The van der Waals surface area contributed by atoms with Gasteiger partial charge in [-0.05, 0) is 29.8 Å². The second-order valence-corrected chi connectivity index (χ2v) is 5.56. The van der Waals surface area contributed by atoms with Crippen molar-refractivity contribution in [3.8, 4) is 11.1 Å². The Morgan fingerprint density at radius 2 is 1.46 bits per heavy atom. The van der Waals surface area contributed by atoms with E-state index in [0.29, 0.717) is 5.84 Å². The van der Waals surface area contributed by atoms with E-state index >= 15 is 0 Å². The normalized spacial score (nSPS) is 12.8. The summed E-state index contributed by atoms with van der Waals surface area (Å²) >= 11 is 0. The molecule has 3 aromatic rings. The van der Waals surface area contributed by atoms with E-state index in [1.807, 2.05) is 55.6 Å². The van der Waals surface area contributed by atoms with Crippen molar-refractivity contribution < 1.29 is 0 Å². The van der Waals surface area contributed by atoms with Crippen LogP contribution < -0.4 is 11.1 Å². The molecule has 0 aliphatic heterocycles. The molecule has 1 atom stereocenters. The Bertz CT molecular complexity index is 811. The topological polar surface area (TPSA) is 50.4 Å². The maximum Gasteiger partial charge on any atom is 0.127 e. The number of hydrogen-bond acceptors (Lipinski definition) is 2. The smallest absolute Gasteiger partial charge is 0.127 e. The molecule has 0 aliphatic carbocycles. The van der Waals surface area contributed by atoms with Gasteiger partial charge in [0, 0.05) is 5.56 Å². The summed E-state index contributed by atoms with van der Waals surface area (Å²) < 4.78 is 0. The molecular formula is C21H21N3. The molecule has 3 N–H and O–H groups in total. The van der Waals surface area contributed by atoms with Gasteiger partial charge in [-0.2, -0.15) is 0 Å². The minimum absolute atomic E-state index is 0.186. The summed E-state index contributed by atoms with van der Waals surface area (Å²) in [4.78, 5) is 4.65. The molecule has 3 rings (SSSR count). The first kappa shape index (κ1) is 16.0. The minimum Gasteiger partial charge on any atom is -0.383 e. The molecule has 0 radical (unpaired) electrons. The Labute approximate surface area is 142 Å². The van der Waals surface area contributed by atoms with Crippen LogP contribution >= 0.6 is 0 Å². The Morgan fingerprint density at radius 3 is 2.12 bits per heavy atom. The molecule has 0 saturated carbocycles. The molecule has 24 heavy (non-hydrogen) atoms. The third kappa shape index (κ3) is 3.70. The van der Waals surface area contributed by atoms with Gasteiger partial charge in [0.15, 0.2) is 0 Å². The fourth-order valence-corrected chi connectivity index (χ4v) is 2.65. The number of nitrogens with two attached hydrogens (primary N) is 1. The molecule has 0 aromatic heterocycles. The third-order valence-corrected chi connectivity index (χ3v) is 3.92. The number of nitrogens with zero attached hydrogens (tertiary/aromatic N) is 1. The lowest BCUT2D eigenvalue weighted by Crippen LogP contribution is -2.21. The van der Waals surface area contributed by atoms with Crippen molar-refractivity contribution >= 4 is 5.84 Å². The van der Waals surface area contributed by atoms with Crippen LogP contribution in [0.5, 0.6) is 0 Å². The zero-order chi connectivity index (χ0) is 16.8. The van der Waals surface area contributed by atoms with Gasteiger partial charge < -0.3 is 5.73 Å². The molecule has 0 amide bonds. The molecular weight excluding hydrogens is 294 g/mol. The van der Waals surface area contributed by atoms with E-state index in [2.05, 4.69) is 46.7 Å². The van der Waals surface area contributed by atoms with Gasteiger partial charge in [0.05, 0.1) is 0 Å². The molecule has 120 valence electrons. The first-order valence-electron chi connectivity index (χ1n) is 7.99. The van der Waals surface area contributed by atoms with Crippen LogP contribution in [0.4, 0.5) is 0 Å². The number of benzene rings is 3. The second-order valence-electron chi connectivity index (χ2n) is 5.56. The summed E-state index contributed by atoms with van der Waals surface area (Å²) in [5, 5.41) is 3.23. The van der Waals surface area contributed by atoms with Crippen molar-refractivity contribution in [3.63, 3.8) is 0 Å². The number of amidine groups is 1. The van der Waals surface area contributed by atoms with Crippen LogP contribution in [0.3, 0.4) is 0 Å². The van der Waals surface area contributed by atoms with Crippen molar-refractivity contribution in [1.29, 1.82) is 0 Å². The Hall–Kier alpha value is -2.91. The number of rotatable bonds is 5. The zero-order valence-electron chi connectivity index (χ0n) is 13.7. The maximum atomic E-state index is 6.17. The summed E-state index contributed by atoms with van der Waals surface area (Å²) in [6.45, 7) is 0. The summed E-state index contributed by atoms with van der Waals surface area (Å²) in [6, 6.07) is 28.5. The Balaban J connectivity index is 1.92. The van der Waals surface area contributed by atoms with E-state index in [9.17, 15) is 0 Å². The van der Waals surface area contributed by atoms with Crippen molar-refractivity contribution in [1.82, 2.24) is 5.32 Å². The van der Waals surface area contributed by atoms with Gasteiger partial charge in [-0.15, -0.1) is 0 Å². The van der Waals surface area contributed by atoms with Gasteiger partial charge in [0.1, 0.15) is 12.0 Å². The van der Waals surface area contributed by atoms with Crippen LogP contribution in [0, 0.1) is 0 Å². The molecule has 0 fully saturated rings. The minimum atomic E-state index is -0.186. The predicted octanol–water partition coefficient (Wildman–Crippen LogP) is 3.98. The first-order valence-corrected chi connectivity index (χ1v) is 7.99. The predicted molar refractivity (Wildman–Crippen MR) is 101 cm³/mol. The lowest BCUT2D eigenvalue weighted by atomic mass is 10.0. The molecule has 0 spiro atoms. The summed E-state index contributed by atoms with van der Waals surface area (Å²) in [5.74, 6) is 0.528. The van der Waals surface area contributed by atoms with Gasteiger partial charge in [-0.1, -0.05) is 78.9 Å². The molecule has 0 heterocycles. The van der Waals surface area contributed by atoms with Crippen molar-refractivity contribution in [3.05, 3.63) is 96.1 Å². The first-order chi connectivity index (χ1) is 11.8. The van der Waals surface area contributed by atoms with Crippen molar-refractivity contribution in [2.45, 2.75) is 6.17 Å². The highest BCUT2D eigenvalue weighted by Crippen LogP contribution is 2.23. The summed E-state index contributed by atoms with van der Waals surface area (Å²) in [7, 11) is 1.89. The molecule has 0 aliphatic rings. The Morgan fingerprint density at radius 1 is 0.833 bits per heavy atom. The summed E-state index contributed by atoms with van der Waals surface area (Å²) in [5.41, 5.74) is 10.5. The quantitative estimate of drug-likeness (QED) is 0.553. The van der Waals surface area contributed by atoms with Crippen LogP contribution in [0.2, 0.25) is 0 Å². The highest BCUT2D eigenvalue weighted by atomic mass is 15.1. The van der Waals surface area contributed by atoms with Gasteiger partial charge in [0.2, 0.25) is 0 Å². The van der Waals surface area contributed by atoms with Crippen molar-refractivity contribution in [2.75, 3.05) is 7.05 Å². The SMILES string of the molecule is CNC(/N=C(\N)c1ccccc1)c1cccc(-c2ccccc2)c1. The highest BCUT2D eigenvalue weighted by molar-refractivity contribution is 5.97. The van der Waals surface area contributed by atoms with E-state index in [1.165, 1.54) is 11.1 Å². The lowest BCUT2D eigenvalue weighted by molar-refractivity contribution is 0.625. The average Bonchev–Trinajstić information content (AvgIpc) is 2.67. The molecule has 3 aromatic carbocycles. The average molecular weight is 315 g/mol. The largest absolute Gasteiger partial charge is 0.383 e. The fraction of sp³-hybridized carbons (Fsp3) is 0.0952. The molecule has 3 heteroatoms. The van der Waals surface area contributed by atoms with Crippen LogP contribution in [0.15, 0.2) is 89.9 Å². The number of nitrogens with one attached hydrogen (secondary N) is 1. The van der Waals surface area contributed by atoms with E-state index in [1.54, 1.807) is 0 Å². The third-order valence-electron chi connectivity index (χ3n) is 3.92. The van der Waals surface area contributed by atoms with Crippen LogP contribution in [0.25, 0.3) is 11.1 Å². The summed E-state index contributed by atoms with van der Waals surface area (Å²) in [6.07, 6.45) is -0.186. The van der Waals surface area contributed by atoms with Crippen LogP contribution in [0.1, 0.15) is 17.3 Å². The van der Waals surface area contributed by atoms with Crippen LogP contribution in [-0.4, -0.2) is 12.9 Å². The standard InChI is InChI=1S/C21H21N3/c1-23-21(24-20(22)17-11-6-3-7-12-17)19-14-8-13-18(15-19)16-9-4-2-5-10-16/h2-15,21,23H,1H3,(H2,22,24). The molecule has 3 nitrogen and oxygen atoms in total. The fourth-order valence-electron chi connectivity index (χ4n) is 2.65. The van der Waals surface area contributed by atoms with E-state index in [0.717, 1.165) is 11.1 Å². The van der Waals surface area contributed by atoms with Gasteiger partial charge in [-0.25, -0.2) is 4.99 Å². The van der Waals surface area contributed by atoms with Gasteiger partial charge in [-0.3, -0.25) is 5.32 Å². The molecule has 1 unspecified atom stereocenters.